The molecule has 2 N–H and O–H groups in total. The first kappa shape index (κ1) is 20.9. The maximum Gasteiger partial charge on any atom is 0.241 e. The van der Waals surface area contributed by atoms with Gasteiger partial charge >= 0.3 is 0 Å². The lowest BCUT2D eigenvalue weighted by atomic mass is 10.1. The van der Waals surface area contributed by atoms with Crippen molar-refractivity contribution in [2.24, 2.45) is 0 Å². The van der Waals surface area contributed by atoms with Crippen LogP contribution >= 0.6 is 0 Å². The number of sulfonamides is 1. The predicted molar refractivity (Wildman–Crippen MR) is 122 cm³/mol. The summed E-state index contributed by atoms with van der Waals surface area (Å²) in [5.74, 6) is -1.29. The van der Waals surface area contributed by atoms with Crippen molar-refractivity contribution >= 4 is 33.0 Å². The van der Waals surface area contributed by atoms with Gasteiger partial charge in [-0.05, 0) is 67.8 Å². The number of anilines is 3. The van der Waals surface area contributed by atoms with Crippen LogP contribution in [0.5, 0.6) is 0 Å². The molecule has 9 heteroatoms. The fraction of sp³-hybridized carbons (Fsp3) is 0.273. The van der Waals surface area contributed by atoms with Crippen LogP contribution in [0.1, 0.15) is 19.3 Å². The Hall–Kier alpha value is -3.33. The molecule has 1 aliphatic rings. The van der Waals surface area contributed by atoms with Crippen molar-refractivity contribution in [1.29, 1.82) is 0 Å². The monoisotopic (exact) mass is 439 g/mol. The fourth-order valence-electron chi connectivity index (χ4n) is 3.63. The van der Waals surface area contributed by atoms with Crippen molar-refractivity contribution in [3.63, 3.8) is 0 Å². The molecule has 0 aliphatic carbocycles. The zero-order chi connectivity index (χ0) is 21.7. The Balaban J connectivity index is 1.35. The highest BCUT2D eigenvalue weighted by atomic mass is 32.2. The molecule has 1 fully saturated rings. The average Bonchev–Trinajstić information content (AvgIpc) is 3.29. The van der Waals surface area contributed by atoms with Crippen LogP contribution in [0.25, 0.3) is 5.69 Å². The summed E-state index contributed by atoms with van der Waals surface area (Å²) in [7, 11) is -3.84. The second-order valence-corrected chi connectivity index (χ2v) is 9.23. The molecule has 162 valence electrons. The van der Waals surface area contributed by atoms with E-state index < -0.39 is 21.7 Å². The number of carbonyl (C=O) groups is 1. The second-order valence-electron chi connectivity index (χ2n) is 7.50. The van der Waals surface area contributed by atoms with Crippen LogP contribution in [-0.2, 0) is 14.8 Å². The Morgan fingerprint density at radius 1 is 0.935 bits per heavy atom. The van der Waals surface area contributed by atoms with E-state index in [0.29, 0.717) is 11.4 Å². The van der Waals surface area contributed by atoms with E-state index in [1.165, 1.54) is 19.3 Å². The third-order valence-electron chi connectivity index (χ3n) is 5.08. The molecule has 2 heterocycles. The molecule has 0 spiro atoms. The summed E-state index contributed by atoms with van der Waals surface area (Å²) in [6.45, 7) is 2.04. The highest BCUT2D eigenvalue weighted by molar-refractivity contribution is 7.93. The zero-order valence-corrected chi connectivity index (χ0v) is 17.9. The lowest BCUT2D eigenvalue weighted by Crippen LogP contribution is -2.29. The first-order valence-electron chi connectivity index (χ1n) is 10.2. The van der Waals surface area contributed by atoms with Gasteiger partial charge in [0.25, 0.3) is 0 Å². The van der Waals surface area contributed by atoms with Gasteiger partial charge in [0.15, 0.2) is 0 Å². The largest absolute Gasteiger partial charge is 0.372 e. The van der Waals surface area contributed by atoms with Crippen molar-refractivity contribution in [2.75, 3.05) is 33.8 Å². The molecule has 1 amide bonds. The number of nitrogens with zero attached hydrogens (tertiary/aromatic N) is 3. The third-order valence-corrected chi connectivity index (χ3v) is 6.27. The Morgan fingerprint density at radius 3 is 2.42 bits per heavy atom. The number of hydrogen-bond donors (Lipinski definition) is 2. The minimum atomic E-state index is -3.84. The van der Waals surface area contributed by atoms with Crippen LogP contribution in [0.3, 0.4) is 0 Å². The predicted octanol–water partition coefficient (Wildman–Crippen LogP) is 3.24. The summed E-state index contributed by atoms with van der Waals surface area (Å²) in [5, 5.41) is 6.78. The molecule has 4 rings (SSSR count). The minimum absolute atomic E-state index is 0.439. The summed E-state index contributed by atoms with van der Waals surface area (Å²) in [6.07, 6.45) is 7.04. The number of carbonyl (C=O) groups excluding carboxylic acids is 1. The number of aromatic nitrogens is 2. The topological polar surface area (TPSA) is 96.3 Å². The quantitative estimate of drug-likeness (QED) is 0.589. The zero-order valence-electron chi connectivity index (χ0n) is 17.1. The van der Waals surface area contributed by atoms with Gasteiger partial charge in [-0.25, -0.2) is 13.1 Å². The van der Waals surface area contributed by atoms with Gasteiger partial charge in [-0.15, -0.1) is 0 Å². The second kappa shape index (κ2) is 9.22. The van der Waals surface area contributed by atoms with Gasteiger partial charge in [-0.2, -0.15) is 5.10 Å². The average molecular weight is 440 g/mol. The summed E-state index contributed by atoms with van der Waals surface area (Å²) >= 11 is 0. The van der Waals surface area contributed by atoms with Gasteiger partial charge in [0, 0.05) is 42.5 Å². The molecular formula is C22H25N5O3S. The summed E-state index contributed by atoms with van der Waals surface area (Å²) in [4.78, 5) is 14.6. The van der Waals surface area contributed by atoms with Crippen LogP contribution in [0.4, 0.5) is 17.1 Å². The minimum Gasteiger partial charge on any atom is -0.372 e. The van der Waals surface area contributed by atoms with E-state index >= 15 is 0 Å². The highest BCUT2D eigenvalue weighted by Gasteiger charge is 2.17. The Morgan fingerprint density at radius 2 is 1.71 bits per heavy atom. The summed E-state index contributed by atoms with van der Waals surface area (Å²) in [5.41, 5.74) is 2.78. The van der Waals surface area contributed by atoms with Gasteiger partial charge in [0.2, 0.25) is 15.9 Å². The molecule has 1 aliphatic heterocycles. The molecule has 1 saturated heterocycles. The summed E-state index contributed by atoms with van der Waals surface area (Å²) in [6, 6.07) is 16.1. The maximum atomic E-state index is 12.4. The molecular weight excluding hydrogens is 414 g/mol. The number of rotatable bonds is 7. The maximum absolute atomic E-state index is 12.4. The molecule has 1 aromatic heterocycles. The van der Waals surface area contributed by atoms with Crippen LogP contribution in [0.2, 0.25) is 0 Å². The molecule has 0 bridgehead atoms. The van der Waals surface area contributed by atoms with E-state index in [4.69, 9.17) is 0 Å². The first-order valence-corrected chi connectivity index (χ1v) is 11.9. The first-order chi connectivity index (χ1) is 15.0. The molecule has 3 aromatic rings. The van der Waals surface area contributed by atoms with E-state index in [1.54, 1.807) is 53.5 Å². The molecule has 0 atom stereocenters. The Labute approximate surface area is 181 Å². The standard InChI is InChI=1S/C22H25N5O3S/c28-22(24-19-6-4-7-21(16-19)27-15-5-12-23-27)17-31(29,30)25-18-8-10-20(11-9-18)26-13-2-1-3-14-26/h4-12,15-16,25H,1-3,13-14,17H2,(H,24,28). The van der Waals surface area contributed by atoms with E-state index in [9.17, 15) is 13.2 Å². The van der Waals surface area contributed by atoms with Crippen LogP contribution in [0, 0.1) is 0 Å². The van der Waals surface area contributed by atoms with Crippen LogP contribution < -0.4 is 14.9 Å². The van der Waals surface area contributed by atoms with Gasteiger partial charge in [-0.1, -0.05) is 6.07 Å². The molecule has 8 nitrogen and oxygen atoms in total. The number of hydrogen-bond acceptors (Lipinski definition) is 5. The summed E-state index contributed by atoms with van der Waals surface area (Å²) < 4.78 is 29.0. The van der Waals surface area contributed by atoms with Gasteiger partial charge in [0.1, 0.15) is 5.75 Å². The Kier molecular flexibility index (Phi) is 6.22. The number of benzene rings is 2. The van der Waals surface area contributed by atoms with E-state index in [0.717, 1.165) is 24.5 Å². The smallest absolute Gasteiger partial charge is 0.241 e. The normalized spacial score (nSPS) is 14.3. The SMILES string of the molecule is O=C(CS(=O)(=O)Nc1ccc(N2CCCCC2)cc1)Nc1cccc(-n2cccn2)c1. The van der Waals surface area contributed by atoms with Crippen LogP contribution in [0.15, 0.2) is 67.0 Å². The lowest BCUT2D eigenvalue weighted by molar-refractivity contribution is -0.113. The van der Waals surface area contributed by atoms with E-state index in [1.807, 2.05) is 18.2 Å². The van der Waals surface area contributed by atoms with E-state index in [-0.39, 0.29) is 0 Å². The van der Waals surface area contributed by atoms with Gasteiger partial charge in [-0.3, -0.25) is 9.52 Å². The third kappa shape index (κ3) is 5.64. The molecule has 31 heavy (non-hydrogen) atoms. The lowest BCUT2D eigenvalue weighted by Gasteiger charge is -2.28. The highest BCUT2D eigenvalue weighted by Crippen LogP contribution is 2.22. The van der Waals surface area contributed by atoms with Crippen molar-refractivity contribution in [3.8, 4) is 5.69 Å². The number of amides is 1. The molecule has 2 aromatic carbocycles. The van der Waals surface area contributed by atoms with Crippen molar-refractivity contribution < 1.29 is 13.2 Å². The van der Waals surface area contributed by atoms with E-state index in [2.05, 4.69) is 20.0 Å². The van der Waals surface area contributed by atoms with Gasteiger partial charge in [0.05, 0.1) is 5.69 Å². The van der Waals surface area contributed by atoms with Crippen molar-refractivity contribution in [1.82, 2.24) is 9.78 Å². The van der Waals surface area contributed by atoms with Crippen molar-refractivity contribution in [3.05, 3.63) is 67.0 Å². The fourth-order valence-corrected chi connectivity index (χ4v) is 4.61. The number of nitrogens with one attached hydrogen (secondary N) is 2. The molecule has 0 unspecified atom stereocenters. The number of piperidine rings is 1. The Bertz CT molecular complexity index is 1120. The van der Waals surface area contributed by atoms with Gasteiger partial charge < -0.3 is 10.2 Å². The molecule has 0 saturated carbocycles. The van der Waals surface area contributed by atoms with Crippen LogP contribution in [-0.4, -0.2) is 42.9 Å². The van der Waals surface area contributed by atoms with Crippen molar-refractivity contribution in [2.45, 2.75) is 19.3 Å². The molecule has 0 radical (unpaired) electrons.